The van der Waals surface area contributed by atoms with Crippen LogP contribution in [0.25, 0.3) is 0 Å². The van der Waals surface area contributed by atoms with E-state index in [1.807, 2.05) is 4.72 Å². The molecule has 0 saturated heterocycles. The Balaban J connectivity index is 2.63. The standard InChI is InChI=1S/C9H18N2O3S/c1-9(2,3)7(10)8(12)11-15(13,14)6-4-5-6/h6-7H,4-5,10H2,1-3H3,(H,11,12). The van der Waals surface area contributed by atoms with Gasteiger partial charge in [-0.15, -0.1) is 0 Å². The van der Waals surface area contributed by atoms with Crippen molar-refractivity contribution >= 4 is 15.9 Å². The summed E-state index contributed by atoms with van der Waals surface area (Å²) >= 11 is 0. The second-order valence-electron chi connectivity index (χ2n) is 5.05. The highest BCUT2D eigenvalue weighted by atomic mass is 32.2. The largest absolute Gasteiger partial charge is 0.319 e. The van der Waals surface area contributed by atoms with Crippen molar-refractivity contribution < 1.29 is 13.2 Å². The molecule has 1 saturated carbocycles. The summed E-state index contributed by atoms with van der Waals surface area (Å²) in [5, 5.41) is -0.395. The summed E-state index contributed by atoms with van der Waals surface area (Å²) < 4.78 is 24.9. The van der Waals surface area contributed by atoms with Crippen LogP contribution in [0.5, 0.6) is 0 Å². The van der Waals surface area contributed by atoms with E-state index >= 15 is 0 Å². The first-order chi connectivity index (χ1) is 6.64. The van der Waals surface area contributed by atoms with E-state index in [4.69, 9.17) is 5.73 Å². The van der Waals surface area contributed by atoms with Gasteiger partial charge in [0.15, 0.2) is 0 Å². The molecule has 0 aromatic carbocycles. The first-order valence-corrected chi connectivity index (χ1v) is 6.50. The number of nitrogens with one attached hydrogen (secondary N) is 1. The molecule has 0 bridgehead atoms. The minimum atomic E-state index is -3.47. The van der Waals surface area contributed by atoms with Crippen LogP contribution in [0.3, 0.4) is 0 Å². The Morgan fingerprint density at radius 1 is 1.40 bits per heavy atom. The zero-order chi connectivity index (χ0) is 11.9. The molecule has 5 nitrogen and oxygen atoms in total. The molecule has 0 aromatic heterocycles. The molecule has 1 unspecified atom stereocenters. The van der Waals surface area contributed by atoms with Crippen molar-refractivity contribution in [3.8, 4) is 0 Å². The molecule has 3 N–H and O–H groups in total. The van der Waals surface area contributed by atoms with Gasteiger partial charge in [0.1, 0.15) is 0 Å². The smallest absolute Gasteiger partial charge is 0.250 e. The molecule has 0 aliphatic heterocycles. The Morgan fingerprint density at radius 2 is 1.87 bits per heavy atom. The average molecular weight is 234 g/mol. The van der Waals surface area contributed by atoms with E-state index in [2.05, 4.69) is 0 Å². The zero-order valence-corrected chi connectivity index (χ0v) is 10.1. The van der Waals surface area contributed by atoms with Crippen molar-refractivity contribution in [3.05, 3.63) is 0 Å². The van der Waals surface area contributed by atoms with Gasteiger partial charge < -0.3 is 5.73 Å². The molecule has 15 heavy (non-hydrogen) atoms. The predicted molar refractivity (Wildman–Crippen MR) is 57.5 cm³/mol. The quantitative estimate of drug-likeness (QED) is 0.717. The summed E-state index contributed by atoms with van der Waals surface area (Å²) in [4.78, 5) is 11.5. The van der Waals surface area contributed by atoms with Gasteiger partial charge in [0.25, 0.3) is 5.91 Å². The predicted octanol–water partition coefficient (Wildman–Crippen LogP) is -0.0318. The summed E-state index contributed by atoms with van der Waals surface area (Å²) in [7, 11) is -3.47. The minimum absolute atomic E-state index is 0.395. The van der Waals surface area contributed by atoms with Crippen LogP contribution in [-0.2, 0) is 14.8 Å². The Kier molecular flexibility index (Phi) is 3.11. The topological polar surface area (TPSA) is 89.3 Å². The second-order valence-corrected chi connectivity index (χ2v) is 7.02. The monoisotopic (exact) mass is 234 g/mol. The Bertz CT molecular complexity index is 352. The van der Waals surface area contributed by atoms with Gasteiger partial charge in [0.2, 0.25) is 10.0 Å². The SMILES string of the molecule is CC(C)(C)C(N)C(=O)NS(=O)(=O)C1CC1. The molecular weight excluding hydrogens is 216 g/mol. The highest BCUT2D eigenvalue weighted by molar-refractivity contribution is 7.90. The van der Waals surface area contributed by atoms with Crippen LogP contribution in [0.4, 0.5) is 0 Å². The van der Waals surface area contributed by atoms with E-state index in [0.29, 0.717) is 12.8 Å². The molecule has 0 spiro atoms. The Hall–Kier alpha value is -0.620. The lowest BCUT2D eigenvalue weighted by molar-refractivity contribution is -0.122. The number of carbonyl (C=O) groups is 1. The van der Waals surface area contributed by atoms with E-state index in [1.54, 1.807) is 20.8 Å². The van der Waals surface area contributed by atoms with E-state index in [9.17, 15) is 13.2 Å². The Labute approximate surface area is 90.5 Å². The summed E-state index contributed by atoms with van der Waals surface area (Å²) in [6, 6.07) is -0.814. The first kappa shape index (κ1) is 12.4. The van der Waals surface area contributed by atoms with Crippen molar-refractivity contribution in [1.82, 2.24) is 4.72 Å². The summed E-state index contributed by atoms with van der Waals surface area (Å²) in [5.41, 5.74) is 5.20. The molecule has 1 rings (SSSR count). The molecule has 1 atom stereocenters. The first-order valence-electron chi connectivity index (χ1n) is 4.95. The van der Waals surface area contributed by atoms with Gasteiger partial charge in [-0.05, 0) is 18.3 Å². The molecule has 88 valence electrons. The Morgan fingerprint density at radius 3 is 2.20 bits per heavy atom. The molecule has 0 radical (unpaired) electrons. The van der Waals surface area contributed by atoms with E-state index < -0.39 is 32.6 Å². The summed E-state index contributed by atoms with van der Waals surface area (Å²) in [6.45, 7) is 5.38. The lowest BCUT2D eigenvalue weighted by Crippen LogP contribution is -2.50. The number of hydrogen-bond donors (Lipinski definition) is 2. The van der Waals surface area contributed by atoms with Gasteiger partial charge in [0, 0.05) is 0 Å². The van der Waals surface area contributed by atoms with E-state index in [0.717, 1.165) is 0 Å². The highest BCUT2D eigenvalue weighted by Crippen LogP contribution is 2.27. The van der Waals surface area contributed by atoms with Gasteiger partial charge in [-0.3, -0.25) is 9.52 Å². The van der Waals surface area contributed by atoms with Crippen LogP contribution in [0.2, 0.25) is 0 Å². The van der Waals surface area contributed by atoms with Crippen LogP contribution < -0.4 is 10.5 Å². The zero-order valence-electron chi connectivity index (χ0n) is 9.28. The molecular formula is C9H18N2O3S. The minimum Gasteiger partial charge on any atom is -0.319 e. The van der Waals surface area contributed by atoms with Crippen molar-refractivity contribution in [2.24, 2.45) is 11.1 Å². The fourth-order valence-electron chi connectivity index (χ4n) is 1.06. The maximum atomic E-state index is 11.5. The average Bonchev–Trinajstić information content (AvgIpc) is 2.81. The van der Waals surface area contributed by atoms with Crippen LogP contribution in [0, 0.1) is 5.41 Å². The van der Waals surface area contributed by atoms with Crippen LogP contribution in [-0.4, -0.2) is 25.6 Å². The molecule has 1 amide bonds. The molecule has 1 aliphatic carbocycles. The second kappa shape index (κ2) is 3.75. The fourth-order valence-corrected chi connectivity index (χ4v) is 2.39. The van der Waals surface area contributed by atoms with E-state index in [-0.39, 0.29) is 0 Å². The van der Waals surface area contributed by atoms with Crippen LogP contribution in [0.15, 0.2) is 0 Å². The number of rotatable bonds is 3. The molecule has 1 fully saturated rings. The number of amides is 1. The molecule has 1 aliphatic rings. The highest BCUT2D eigenvalue weighted by Gasteiger charge is 2.39. The maximum Gasteiger partial charge on any atom is 0.250 e. The fraction of sp³-hybridized carbons (Fsp3) is 0.889. The van der Waals surface area contributed by atoms with Crippen LogP contribution in [0.1, 0.15) is 33.6 Å². The van der Waals surface area contributed by atoms with Gasteiger partial charge in [-0.25, -0.2) is 8.42 Å². The summed E-state index contributed by atoms with van der Waals surface area (Å²) in [5.74, 6) is -0.616. The maximum absolute atomic E-state index is 11.5. The molecule has 6 heteroatoms. The molecule has 0 aromatic rings. The van der Waals surface area contributed by atoms with E-state index in [1.165, 1.54) is 0 Å². The van der Waals surface area contributed by atoms with Gasteiger partial charge in [-0.2, -0.15) is 0 Å². The molecule has 0 heterocycles. The number of nitrogens with two attached hydrogens (primary N) is 1. The third kappa shape index (κ3) is 3.17. The van der Waals surface area contributed by atoms with Gasteiger partial charge in [0.05, 0.1) is 11.3 Å². The lowest BCUT2D eigenvalue weighted by Gasteiger charge is -2.25. The van der Waals surface area contributed by atoms with Crippen molar-refractivity contribution in [2.45, 2.75) is 44.9 Å². The number of sulfonamides is 1. The van der Waals surface area contributed by atoms with Crippen molar-refractivity contribution in [2.75, 3.05) is 0 Å². The van der Waals surface area contributed by atoms with Crippen molar-refractivity contribution in [3.63, 3.8) is 0 Å². The normalized spacial score (nSPS) is 19.7. The third-order valence-corrected chi connectivity index (χ3v) is 4.26. The third-order valence-electron chi connectivity index (χ3n) is 2.42. The van der Waals surface area contributed by atoms with Gasteiger partial charge >= 0.3 is 0 Å². The van der Waals surface area contributed by atoms with Gasteiger partial charge in [-0.1, -0.05) is 20.8 Å². The summed E-state index contributed by atoms with van der Waals surface area (Å²) in [6.07, 6.45) is 1.26. The van der Waals surface area contributed by atoms with Crippen LogP contribution >= 0.6 is 0 Å². The number of hydrogen-bond acceptors (Lipinski definition) is 4. The van der Waals surface area contributed by atoms with Crippen molar-refractivity contribution in [1.29, 1.82) is 0 Å². The lowest BCUT2D eigenvalue weighted by atomic mass is 9.87. The number of carbonyl (C=O) groups excluding carboxylic acids is 1.